The van der Waals surface area contributed by atoms with E-state index in [9.17, 15) is 23.9 Å². The van der Waals surface area contributed by atoms with Crippen LogP contribution in [0.15, 0.2) is 35.1 Å². The fraction of sp³-hybridized carbons (Fsp3) is 0. The third-order valence-corrected chi connectivity index (χ3v) is 2.55. The van der Waals surface area contributed by atoms with E-state index >= 15 is 0 Å². The van der Waals surface area contributed by atoms with Gasteiger partial charge in [0.15, 0.2) is 5.88 Å². The van der Waals surface area contributed by atoms with Crippen molar-refractivity contribution in [3.63, 3.8) is 0 Å². The van der Waals surface area contributed by atoms with Crippen molar-refractivity contribution in [2.24, 2.45) is 0 Å². The lowest BCUT2D eigenvalue weighted by atomic mass is 10.1. The summed E-state index contributed by atoms with van der Waals surface area (Å²) in [7, 11) is 0. The first-order valence-electron chi connectivity index (χ1n) is 5.64. The van der Waals surface area contributed by atoms with Crippen molar-refractivity contribution in [3.8, 4) is 5.88 Å². The SMILES string of the molecule is O=C(Nc1ccc(F)c(C(=O)O)c1)c1cc(O)[nH]c(=O)c1. The number of rotatable bonds is 3. The van der Waals surface area contributed by atoms with Gasteiger partial charge in [0.25, 0.3) is 11.5 Å². The van der Waals surface area contributed by atoms with Crippen molar-refractivity contribution >= 4 is 17.6 Å². The van der Waals surface area contributed by atoms with Crippen molar-refractivity contribution in [2.45, 2.75) is 0 Å². The summed E-state index contributed by atoms with van der Waals surface area (Å²) in [5.41, 5.74) is -1.36. The Labute approximate surface area is 116 Å². The fourth-order valence-electron chi connectivity index (χ4n) is 1.63. The van der Waals surface area contributed by atoms with E-state index in [2.05, 4.69) is 10.3 Å². The van der Waals surface area contributed by atoms with Crippen molar-refractivity contribution in [1.29, 1.82) is 0 Å². The summed E-state index contributed by atoms with van der Waals surface area (Å²) in [5.74, 6) is -3.65. The summed E-state index contributed by atoms with van der Waals surface area (Å²) < 4.78 is 13.2. The number of aromatic carboxylic acids is 1. The average molecular weight is 292 g/mol. The van der Waals surface area contributed by atoms with Crippen LogP contribution >= 0.6 is 0 Å². The standard InChI is InChI=1S/C13H9FN2O5/c14-9-2-1-7(5-8(9)13(20)21)15-12(19)6-3-10(17)16-11(18)4-6/h1-5H,(H,15,19)(H,20,21)(H2,16,17,18). The maximum Gasteiger partial charge on any atom is 0.338 e. The normalized spacial score (nSPS) is 10.1. The number of H-pyrrole nitrogens is 1. The van der Waals surface area contributed by atoms with Crippen LogP contribution in [0.4, 0.5) is 10.1 Å². The molecule has 0 unspecified atom stereocenters. The minimum absolute atomic E-state index is 0.0403. The molecule has 0 aliphatic heterocycles. The number of hydrogen-bond acceptors (Lipinski definition) is 4. The molecule has 0 atom stereocenters. The molecular weight excluding hydrogens is 283 g/mol. The number of anilines is 1. The van der Waals surface area contributed by atoms with Crippen LogP contribution < -0.4 is 10.9 Å². The Balaban J connectivity index is 2.29. The summed E-state index contributed by atoms with van der Waals surface area (Å²) in [6.45, 7) is 0. The van der Waals surface area contributed by atoms with Gasteiger partial charge in [0.05, 0.1) is 11.1 Å². The maximum atomic E-state index is 13.2. The van der Waals surface area contributed by atoms with Gasteiger partial charge in [-0.2, -0.15) is 0 Å². The van der Waals surface area contributed by atoms with Crippen LogP contribution in [-0.4, -0.2) is 27.1 Å². The van der Waals surface area contributed by atoms with Crippen LogP contribution in [-0.2, 0) is 0 Å². The Morgan fingerprint density at radius 1 is 1.19 bits per heavy atom. The third-order valence-electron chi connectivity index (χ3n) is 2.55. The Morgan fingerprint density at radius 3 is 2.52 bits per heavy atom. The van der Waals surface area contributed by atoms with Crippen LogP contribution in [0, 0.1) is 5.82 Å². The Bertz CT molecular complexity index is 784. The fourth-order valence-corrected chi connectivity index (χ4v) is 1.63. The lowest BCUT2D eigenvalue weighted by Gasteiger charge is -2.07. The molecule has 4 N–H and O–H groups in total. The minimum atomic E-state index is -1.47. The topological polar surface area (TPSA) is 119 Å². The van der Waals surface area contributed by atoms with E-state index in [1.165, 1.54) is 6.07 Å². The molecule has 0 saturated carbocycles. The van der Waals surface area contributed by atoms with Crippen LogP contribution in [0.2, 0.25) is 0 Å². The molecule has 0 aliphatic carbocycles. The van der Waals surface area contributed by atoms with Gasteiger partial charge >= 0.3 is 5.97 Å². The van der Waals surface area contributed by atoms with Gasteiger partial charge in [-0.3, -0.25) is 14.6 Å². The predicted molar refractivity (Wildman–Crippen MR) is 70.0 cm³/mol. The van der Waals surface area contributed by atoms with Gasteiger partial charge < -0.3 is 15.5 Å². The lowest BCUT2D eigenvalue weighted by Crippen LogP contribution is -2.16. The summed E-state index contributed by atoms with van der Waals surface area (Å²) in [6.07, 6.45) is 0. The molecule has 1 amide bonds. The van der Waals surface area contributed by atoms with E-state index in [0.717, 1.165) is 24.3 Å². The zero-order valence-electron chi connectivity index (χ0n) is 10.4. The van der Waals surface area contributed by atoms with Gasteiger partial charge in [-0.15, -0.1) is 0 Å². The highest BCUT2D eigenvalue weighted by molar-refractivity contribution is 6.04. The number of amides is 1. The van der Waals surface area contributed by atoms with Crippen molar-refractivity contribution in [3.05, 3.63) is 57.6 Å². The van der Waals surface area contributed by atoms with Crippen LogP contribution in [0.25, 0.3) is 0 Å². The number of aromatic hydroxyl groups is 1. The zero-order chi connectivity index (χ0) is 15.6. The van der Waals surface area contributed by atoms with E-state index in [-0.39, 0.29) is 11.3 Å². The number of carbonyl (C=O) groups is 2. The summed E-state index contributed by atoms with van der Waals surface area (Å²) in [4.78, 5) is 35.8. The quantitative estimate of drug-likeness (QED) is 0.677. The van der Waals surface area contributed by atoms with Crippen molar-refractivity contribution < 1.29 is 24.2 Å². The van der Waals surface area contributed by atoms with Gasteiger partial charge in [0, 0.05) is 17.8 Å². The second kappa shape index (κ2) is 5.45. The molecule has 21 heavy (non-hydrogen) atoms. The summed E-state index contributed by atoms with van der Waals surface area (Å²) >= 11 is 0. The molecule has 0 aliphatic rings. The van der Waals surface area contributed by atoms with Gasteiger partial charge in [0.2, 0.25) is 0 Å². The number of aromatic nitrogens is 1. The first-order valence-corrected chi connectivity index (χ1v) is 5.64. The molecular formula is C13H9FN2O5. The predicted octanol–water partition coefficient (Wildman–Crippen LogP) is 1.17. The first kappa shape index (κ1) is 14.3. The molecule has 1 aromatic carbocycles. The molecule has 2 aromatic rings. The van der Waals surface area contributed by atoms with E-state index < -0.39 is 34.7 Å². The molecule has 0 saturated heterocycles. The number of aromatic amines is 1. The molecule has 0 radical (unpaired) electrons. The molecule has 7 nitrogen and oxygen atoms in total. The monoisotopic (exact) mass is 292 g/mol. The Hall–Kier alpha value is -3.16. The van der Waals surface area contributed by atoms with E-state index in [0.29, 0.717) is 0 Å². The number of pyridine rings is 1. The van der Waals surface area contributed by atoms with Gasteiger partial charge in [-0.05, 0) is 18.2 Å². The number of carboxylic acid groups (broad SMARTS) is 1. The smallest absolute Gasteiger partial charge is 0.338 e. The van der Waals surface area contributed by atoms with Crippen LogP contribution in [0.5, 0.6) is 5.88 Å². The van der Waals surface area contributed by atoms with Gasteiger partial charge in [-0.1, -0.05) is 0 Å². The maximum absolute atomic E-state index is 13.2. The third kappa shape index (κ3) is 3.24. The molecule has 0 spiro atoms. The second-order valence-corrected chi connectivity index (χ2v) is 4.07. The van der Waals surface area contributed by atoms with Crippen LogP contribution in [0.1, 0.15) is 20.7 Å². The van der Waals surface area contributed by atoms with Crippen molar-refractivity contribution in [2.75, 3.05) is 5.32 Å². The highest BCUT2D eigenvalue weighted by atomic mass is 19.1. The number of hydrogen-bond donors (Lipinski definition) is 4. The lowest BCUT2D eigenvalue weighted by molar-refractivity contribution is 0.0691. The minimum Gasteiger partial charge on any atom is -0.494 e. The Morgan fingerprint density at radius 2 is 1.90 bits per heavy atom. The first-order chi connectivity index (χ1) is 9.86. The highest BCUT2D eigenvalue weighted by Gasteiger charge is 2.13. The average Bonchev–Trinajstić information content (AvgIpc) is 2.39. The van der Waals surface area contributed by atoms with Gasteiger partial charge in [-0.25, -0.2) is 9.18 Å². The molecule has 0 fully saturated rings. The molecule has 108 valence electrons. The number of nitrogens with one attached hydrogen (secondary N) is 2. The van der Waals surface area contributed by atoms with E-state index in [1.54, 1.807) is 0 Å². The number of benzene rings is 1. The number of carboxylic acids is 1. The summed E-state index contributed by atoms with van der Waals surface area (Å²) in [6, 6.07) is 5.00. The zero-order valence-corrected chi connectivity index (χ0v) is 10.4. The van der Waals surface area contributed by atoms with Crippen molar-refractivity contribution in [1.82, 2.24) is 4.98 Å². The molecule has 1 heterocycles. The second-order valence-electron chi connectivity index (χ2n) is 4.07. The molecule has 8 heteroatoms. The molecule has 2 rings (SSSR count). The number of carbonyl (C=O) groups excluding carboxylic acids is 1. The van der Waals surface area contributed by atoms with Crippen LogP contribution in [0.3, 0.4) is 0 Å². The largest absolute Gasteiger partial charge is 0.494 e. The molecule has 1 aromatic heterocycles. The van der Waals surface area contributed by atoms with E-state index in [1.807, 2.05) is 0 Å². The number of halogens is 1. The van der Waals surface area contributed by atoms with E-state index in [4.69, 9.17) is 5.11 Å². The highest BCUT2D eigenvalue weighted by Crippen LogP contribution is 2.16. The molecule has 0 bridgehead atoms. The van der Waals surface area contributed by atoms with Gasteiger partial charge in [0.1, 0.15) is 5.82 Å². The summed E-state index contributed by atoms with van der Waals surface area (Å²) in [5, 5.41) is 20.3. The Kier molecular flexibility index (Phi) is 3.70.